The molecule has 1 aliphatic carbocycles. The zero-order valence-corrected chi connectivity index (χ0v) is 10.8. The summed E-state index contributed by atoms with van der Waals surface area (Å²) in [6.07, 6.45) is 8.70. The Labute approximate surface area is 113 Å². The van der Waals surface area contributed by atoms with Crippen LogP contribution in [-0.2, 0) is 0 Å². The first-order valence-electron chi connectivity index (χ1n) is 6.78. The van der Waals surface area contributed by atoms with Gasteiger partial charge in [0.15, 0.2) is 0 Å². The minimum Gasteiger partial charge on any atom is -0.387 e. The molecule has 0 spiro atoms. The molecule has 1 heterocycles. The van der Waals surface area contributed by atoms with Crippen molar-refractivity contribution in [2.24, 2.45) is 5.92 Å². The van der Waals surface area contributed by atoms with Gasteiger partial charge in [-0.1, -0.05) is 30.4 Å². The van der Waals surface area contributed by atoms with Gasteiger partial charge >= 0.3 is 0 Å². The number of aliphatic hydroxyl groups is 1. The van der Waals surface area contributed by atoms with Crippen molar-refractivity contribution in [3.8, 4) is 5.69 Å². The quantitative estimate of drug-likeness (QED) is 0.854. The fourth-order valence-corrected chi connectivity index (χ4v) is 2.67. The van der Waals surface area contributed by atoms with E-state index in [4.69, 9.17) is 0 Å². The summed E-state index contributed by atoms with van der Waals surface area (Å²) in [5.74, 6) is 0.296. The highest BCUT2D eigenvalue weighted by Crippen LogP contribution is 2.32. The van der Waals surface area contributed by atoms with E-state index in [2.05, 4.69) is 17.3 Å². The molecule has 2 aromatic rings. The van der Waals surface area contributed by atoms with E-state index in [9.17, 15) is 5.11 Å². The summed E-state index contributed by atoms with van der Waals surface area (Å²) in [5, 5.41) is 14.9. The van der Waals surface area contributed by atoms with Crippen LogP contribution >= 0.6 is 0 Å². The maximum atomic E-state index is 10.6. The first-order valence-corrected chi connectivity index (χ1v) is 6.78. The number of para-hydroxylation sites is 1. The molecule has 3 heteroatoms. The van der Waals surface area contributed by atoms with Crippen LogP contribution in [0.2, 0.25) is 0 Å². The summed E-state index contributed by atoms with van der Waals surface area (Å²) >= 11 is 0. The second-order valence-electron chi connectivity index (χ2n) is 4.99. The molecule has 1 aromatic carbocycles. The van der Waals surface area contributed by atoms with Gasteiger partial charge in [-0.25, -0.2) is 4.68 Å². The predicted octanol–water partition coefficient (Wildman–Crippen LogP) is 3.26. The van der Waals surface area contributed by atoms with Crippen LogP contribution in [-0.4, -0.2) is 14.9 Å². The summed E-state index contributed by atoms with van der Waals surface area (Å²) in [7, 11) is 0. The van der Waals surface area contributed by atoms with Crippen LogP contribution in [0.3, 0.4) is 0 Å². The molecule has 1 N–H and O–H groups in total. The molecule has 3 rings (SSSR count). The Morgan fingerprint density at radius 3 is 2.74 bits per heavy atom. The smallest absolute Gasteiger partial charge is 0.0992 e. The number of benzene rings is 1. The molecular weight excluding hydrogens is 236 g/mol. The third-order valence-corrected chi connectivity index (χ3v) is 3.73. The summed E-state index contributed by atoms with van der Waals surface area (Å²) in [6.45, 7) is 0. The van der Waals surface area contributed by atoms with Gasteiger partial charge in [0.2, 0.25) is 0 Å². The molecule has 3 nitrogen and oxygen atoms in total. The summed E-state index contributed by atoms with van der Waals surface area (Å²) in [5.41, 5.74) is 1.87. The summed E-state index contributed by atoms with van der Waals surface area (Å²) < 4.78 is 1.84. The van der Waals surface area contributed by atoms with E-state index in [0.29, 0.717) is 5.92 Å². The monoisotopic (exact) mass is 254 g/mol. The molecule has 0 fully saturated rings. The van der Waals surface area contributed by atoms with Crippen molar-refractivity contribution in [2.75, 3.05) is 0 Å². The molecule has 1 aromatic heterocycles. The largest absolute Gasteiger partial charge is 0.387 e. The van der Waals surface area contributed by atoms with E-state index in [1.165, 1.54) is 0 Å². The Balaban J connectivity index is 1.89. The van der Waals surface area contributed by atoms with Crippen LogP contribution < -0.4 is 0 Å². The first kappa shape index (κ1) is 12.2. The van der Waals surface area contributed by atoms with Gasteiger partial charge in [-0.3, -0.25) is 0 Å². The Morgan fingerprint density at radius 2 is 2.00 bits per heavy atom. The van der Waals surface area contributed by atoms with Crippen molar-refractivity contribution in [2.45, 2.75) is 25.4 Å². The van der Waals surface area contributed by atoms with Crippen LogP contribution in [0.5, 0.6) is 0 Å². The van der Waals surface area contributed by atoms with E-state index < -0.39 is 6.10 Å². The minimum absolute atomic E-state index is 0.296. The normalized spacial score (nSPS) is 20.4. The average molecular weight is 254 g/mol. The van der Waals surface area contributed by atoms with Crippen molar-refractivity contribution in [1.82, 2.24) is 9.78 Å². The molecule has 19 heavy (non-hydrogen) atoms. The lowest BCUT2D eigenvalue weighted by molar-refractivity contribution is 0.0960. The predicted molar refractivity (Wildman–Crippen MR) is 75.0 cm³/mol. The van der Waals surface area contributed by atoms with E-state index in [0.717, 1.165) is 30.6 Å². The second-order valence-corrected chi connectivity index (χ2v) is 4.99. The molecule has 98 valence electrons. The van der Waals surface area contributed by atoms with E-state index >= 15 is 0 Å². The highest BCUT2D eigenvalue weighted by molar-refractivity contribution is 5.33. The van der Waals surface area contributed by atoms with Gasteiger partial charge in [0, 0.05) is 6.20 Å². The van der Waals surface area contributed by atoms with Gasteiger partial charge in [0.05, 0.1) is 17.5 Å². The molecule has 0 aliphatic heterocycles. The number of aliphatic hydroxyl groups excluding tert-OH is 1. The van der Waals surface area contributed by atoms with Crippen molar-refractivity contribution in [1.29, 1.82) is 0 Å². The molecule has 2 unspecified atom stereocenters. The van der Waals surface area contributed by atoms with Crippen LogP contribution in [0.15, 0.2) is 54.7 Å². The maximum Gasteiger partial charge on any atom is 0.0992 e. The van der Waals surface area contributed by atoms with Crippen molar-refractivity contribution in [3.63, 3.8) is 0 Å². The van der Waals surface area contributed by atoms with Gasteiger partial charge in [0.1, 0.15) is 0 Å². The lowest BCUT2D eigenvalue weighted by Crippen LogP contribution is -2.17. The van der Waals surface area contributed by atoms with Crippen molar-refractivity contribution in [3.05, 3.63) is 60.4 Å². The zero-order valence-electron chi connectivity index (χ0n) is 10.8. The highest BCUT2D eigenvalue weighted by atomic mass is 16.3. The number of hydrogen-bond donors (Lipinski definition) is 1. The number of rotatable bonds is 3. The lowest BCUT2D eigenvalue weighted by Gasteiger charge is -2.24. The summed E-state index contributed by atoms with van der Waals surface area (Å²) in [6, 6.07) is 11.9. The van der Waals surface area contributed by atoms with Gasteiger partial charge in [-0.2, -0.15) is 5.10 Å². The summed E-state index contributed by atoms with van der Waals surface area (Å²) in [4.78, 5) is 0. The Hall–Kier alpha value is -1.87. The van der Waals surface area contributed by atoms with Gasteiger partial charge in [0.25, 0.3) is 0 Å². The fourth-order valence-electron chi connectivity index (χ4n) is 2.67. The molecule has 0 saturated carbocycles. The Bertz CT molecular complexity index is 559. The minimum atomic E-state index is -0.451. The van der Waals surface area contributed by atoms with Crippen LogP contribution in [0.25, 0.3) is 5.69 Å². The van der Waals surface area contributed by atoms with Gasteiger partial charge in [-0.05, 0) is 43.4 Å². The topological polar surface area (TPSA) is 38.1 Å². The van der Waals surface area contributed by atoms with Gasteiger partial charge < -0.3 is 5.11 Å². The van der Waals surface area contributed by atoms with Crippen molar-refractivity contribution >= 4 is 0 Å². The lowest BCUT2D eigenvalue weighted by atomic mass is 9.88. The molecular formula is C16H18N2O. The van der Waals surface area contributed by atoms with Crippen molar-refractivity contribution < 1.29 is 5.11 Å². The number of allylic oxidation sites excluding steroid dienone is 2. The Kier molecular flexibility index (Phi) is 3.47. The third kappa shape index (κ3) is 2.47. The SMILES string of the molecule is OC(c1ccnn1-c1ccccc1)C1CC=CCC1. The third-order valence-electron chi connectivity index (χ3n) is 3.73. The standard InChI is InChI=1S/C16H18N2O/c19-16(13-7-3-1-4-8-13)15-11-12-17-18(15)14-9-5-2-6-10-14/h1-3,5-6,9-13,16,19H,4,7-8H2. The number of hydrogen-bond acceptors (Lipinski definition) is 2. The van der Waals surface area contributed by atoms with E-state index in [-0.39, 0.29) is 0 Å². The zero-order chi connectivity index (χ0) is 13.1. The van der Waals surface area contributed by atoms with Crippen LogP contribution in [0, 0.1) is 5.92 Å². The van der Waals surface area contributed by atoms with E-state index in [1.54, 1.807) is 6.20 Å². The Morgan fingerprint density at radius 1 is 1.16 bits per heavy atom. The van der Waals surface area contributed by atoms with E-state index in [1.807, 2.05) is 41.1 Å². The molecule has 0 bridgehead atoms. The first-order chi connectivity index (χ1) is 9.36. The molecule has 0 amide bonds. The number of aromatic nitrogens is 2. The molecule has 0 radical (unpaired) electrons. The van der Waals surface area contributed by atoms with Crippen LogP contribution in [0.1, 0.15) is 31.1 Å². The van der Waals surface area contributed by atoms with Gasteiger partial charge in [-0.15, -0.1) is 0 Å². The average Bonchev–Trinajstić information content (AvgIpc) is 2.98. The molecule has 2 atom stereocenters. The maximum absolute atomic E-state index is 10.6. The second kappa shape index (κ2) is 5.41. The highest BCUT2D eigenvalue weighted by Gasteiger charge is 2.24. The molecule has 1 aliphatic rings. The van der Waals surface area contributed by atoms with Crippen LogP contribution in [0.4, 0.5) is 0 Å². The number of nitrogens with zero attached hydrogens (tertiary/aromatic N) is 2. The molecule has 0 saturated heterocycles. The fraction of sp³-hybridized carbons (Fsp3) is 0.312.